The molecule has 1 amide bonds. The van der Waals surface area contributed by atoms with E-state index in [1.165, 1.54) is 18.2 Å². The monoisotopic (exact) mass is 290 g/mol. The normalized spacial score (nSPS) is 10.1. The van der Waals surface area contributed by atoms with E-state index >= 15 is 0 Å². The van der Waals surface area contributed by atoms with E-state index in [0.717, 1.165) is 0 Å². The van der Waals surface area contributed by atoms with Gasteiger partial charge in [-0.25, -0.2) is 4.79 Å². The van der Waals surface area contributed by atoms with Gasteiger partial charge in [0.05, 0.1) is 16.1 Å². The highest BCUT2D eigenvalue weighted by Gasteiger charge is 2.12. The van der Waals surface area contributed by atoms with Crippen LogP contribution in [0.15, 0.2) is 42.5 Å². The molecular formula is C14H11ClN2O3. The molecule has 0 unspecified atom stereocenters. The van der Waals surface area contributed by atoms with Crippen LogP contribution in [-0.2, 0) is 0 Å². The van der Waals surface area contributed by atoms with Crippen molar-refractivity contribution in [3.8, 4) is 0 Å². The molecule has 0 bridgehead atoms. The van der Waals surface area contributed by atoms with Crippen molar-refractivity contribution >= 4 is 34.9 Å². The van der Waals surface area contributed by atoms with Crippen molar-refractivity contribution in [2.45, 2.75) is 0 Å². The molecule has 0 fully saturated rings. The zero-order valence-corrected chi connectivity index (χ0v) is 11.0. The molecule has 0 heterocycles. The zero-order valence-electron chi connectivity index (χ0n) is 10.3. The van der Waals surface area contributed by atoms with Gasteiger partial charge in [0.2, 0.25) is 0 Å². The Kier molecular flexibility index (Phi) is 3.91. The molecule has 0 saturated carbocycles. The van der Waals surface area contributed by atoms with Crippen LogP contribution in [-0.4, -0.2) is 17.0 Å². The summed E-state index contributed by atoms with van der Waals surface area (Å²) in [6.07, 6.45) is 0. The molecule has 0 radical (unpaired) electrons. The van der Waals surface area contributed by atoms with Gasteiger partial charge in [-0.3, -0.25) is 4.79 Å². The topological polar surface area (TPSA) is 92.4 Å². The van der Waals surface area contributed by atoms with Crippen molar-refractivity contribution in [2.24, 2.45) is 0 Å². The van der Waals surface area contributed by atoms with Crippen molar-refractivity contribution in [1.82, 2.24) is 0 Å². The Morgan fingerprint density at radius 3 is 2.40 bits per heavy atom. The van der Waals surface area contributed by atoms with Gasteiger partial charge in [0.1, 0.15) is 0 Å². The second-order valence-electron chi connectivity index (χ2n) is 4.04. The van der Waals surface area contributed by atoms with Gasteiger partial charge in [-0.15, -0.1) is 0 Å². The molecule has 2 rings (SSSR count). The van der Waals surface area contributed by atoms with Crippen LogP contribution < -0.4 is 11.1 Å². The highest BCUT2D eigenvalue weighted by Crippen LogP contribution is 2.22. The first-order valence-corrected chi connectivity index (χ1v) is 6.05. The molecule has 6 heteroatoms. The largest absolute Gasteiger partial charge is 0.478 e. The molecule has 2 aromatic rings. The first-order valence-electron chi connectivity index (χ1n) is 5.67. The van der Waals surface area contributed by atoms with Crippen molar-refractivity contribution in [3.63, 3.8) is 0 Å². The van der Waals surface area contributed by atoms with E-state index in [1.807, 2.05) is 0 Å². The summed E-state index contributed by atoms with van der Waals surface area (Å²) in [5.74, 6) is -1.51. The Labute approximate surface area is 120 Å². The average molecular weight is 291 g/mol. The zero-order chi connectivity index (χ0) is 14.7. The van der Waals surface area contributed by atoms with Gasteiger partial charge >= 0.3 is 5.97 Å². The maximum absolute atomic E-state index is 12.0. The second kappa shape index (κ2) is 5.63. The van der Waals surface area contributed by atoms with Gasteiger partial charge < -0.3 is 16.2 Å². The van der Waals surface area contributed by atoms with Gasteiger partial charge in [-0.1, -0.05) is 23.7 Å². The Morgan fingerprint density at radius 1 is 1.10 bits per heavy atom. The Morgan fingerprint density at radius 2 is 1.80 bits per heavy atom. The van der Waals surface area contributed by atoms with Gasteiger partial charge in [0.15, 0.2) is 0 Å². The predicted octanol–water partition coefficient (Wildman–Crippen LogP) is 2.87. The summed E-state index contributed by atoms with van der Waals surface area (Å²) < 4.78 is 0. The molecule has 0 aromatic heterocycles. The summed E-state index contributed by atoms with van der Waals surface area (Å²) in [5.41, 5.74) is 6.77. The van der Waals surface area contributed by atoms with E-state index in [1.54, 1.807) is 24.3 Å². The van der Waals surface area contributed by atoms with E-state index in [4.69, 9.17) is 22.4 Å². The summed E-state index contributed by atoms with van der Waals surface area (Å²) in [6.45, 7) is 0. The number of anilines is 2. The average Bonchev–Trinajstić information content (AvgIpc) is 2.38. The summed E-state index contributed by atoms with van der Waals surface area (Å²) in [5, 5.41) is 11.5. The van der Waals surface area contributed by atoms with E-state index in [9.17, 15) is 9.59 Å². The molecule has 4 N–H and O–H groups in total. The van der Waals surface area contributed by atoms with Gasteiger partial charge in [-0.05, 0) is 30.3 Å². The maximum Gasteiger partial charge on any atom is 0.337 e. The number of hydrogen-bond acceptors (Lipinski definition) is 3. The van der Waals surface area contributed by atoms with Crippen LogP contribution in [0.2, 0.25) is 5.02 Å². The first kappa shape index (κ1) is 13.9. The molecule has 0 saturated heterocycles. The fourth-order valence-corrected chi connectivity index (χ4v) is 1.93. The lowest BCUT2D eigenvalue weighted by Crippen LogP contribution is -2.14. The summed E-state index contributed by atoms with van der Waals surface area (Å²) >= 11 is 5.83. The third-order valence-corrected chi connectivity index (χ3v) is 2.98. The number of nitrogens with two attached hydrogens (primary N) is 1. The molecule has 2 aromatic carbocycles. The highest BCUT2D eigenvalue weighted by atomic mass is 35.5. The summed E-state index contributed by atoms with van der Waals surface area (Å²) in [4.78, 5) is 22.8. The lowest BCUT2D eigenvalue weighted by Gasteiger charge is -2.08. The SMILES string of the molecule is Nc1ccccc1C(=O)Nc1ccc(C(=O)O)c(Cl)c1. The van der Waals surface area contributed by atoms with E-state index < -0.39 is 5.97 Å². The predicted molar refractivity (Wildman–Crippen MR) is 77.2 cm³/mol. The van der Waals surface area contributed by atoms with Crippen molar-refractivity contribution in [3.05, 3.63) is 58.6 Å². The lowest BCUT2D eigenvalue weighted by molar-refractivity contribution is 0.0697. The maximum atomic E-state index is 12.0. The highest BCUT2D eigenvalue weighted by molar-refractivity contribution is 6.33. The van der Waals surface area contributed by atoms with Crippen LogP contribution in [0, 0.1) is 0 Å². The minimum atomic E-state index is -1.12. The quantitative estimate of drug-likeness (QED) is 0.758. The molecule has 5 nitrogen and oxygen atoms in total. The van der Waals surface area contributed by atoms with Gasteiger partial charge in [0.25, 0.3) is 5.91 Å². The molecule has 0 aliphatic heterocycles. The fourth-order valence-electron chi connectivity index (χ4n) is 1.67. The number of carboxylic acids is 1. The molecule has 0 atom stereocenters. The standard InChI is InChI=1S/C14H11ClN2O3/c15-11-7-8(5-6-9(11)14(19)20)17-13(18)10-3-1-2-4-12(10)16/h1-7H,16H2,(H,17,18)(H,19,20). The number of nitrogens with one attached hydrogen (secondary N) is 1. The summed E-state index contributed by atoms with van der Waals surface area (Å²) in [7, 11) is 0. The van der Waals surface area contributed by atoms with Crippen LogP contribution in [0.1, 0.15) is 20.7 Å². The minimum Gasteiger partial charge on any atom is -0.478 e. The minimum absolute atomic E-state index is 0.0242. The van der Waals surface area contributed by atoms with E-state index in [0.29, 0.717) is 16.9 Å². The number of carbonyl (C=O) groups excluding carboxylic acids is 1. The molecular weight excluding hydrogens is 280 g/mol. The molecule has 0 spiro atoms. The van der Waals surface area contributed by atoms with Crippen LogP contribution in [0.4, 0.5) is 11.4 Å². The van der Waals surface area contributed by atoms with Crippen LogP contribution >= 0.6 is 11.6 Å². The molecule has 20 heavy (non-hydrogen) atoms. The van der Waals surface area contributed by atoms with Crippen LogP contribution in [0.5, 0.6) is 0 Å². The van der Waals surface area contributed by atoms with Crippen LogP contribution in [0.25, 0.3) is 0 Å². The second-order valence-corrected chi connectivity index (χ2v) is 4.45. The number of amides is 1. The fraction of sp³-hybridized carbons (Fsp3) is 0. The Hall–Kier alpha value is -2.53. The van der Waals surface area contributed by atoms with E-state index in [2.05, 4.69) is 5.32 Å². The number of hydrogen-bond donors (Lipinski definition) is 3. The molecule has 0 aliphatic carbocycles. The number of nitrogen functional groups attached to an aromatic ring is 1. The van der Waals surface area contributed by atoms with Gasteiger partial charge in [-0.2, -0.15) is 0 Å². The van der Waals surface area contributed by atoms with Crippen molar-refractivity contribution < 1.29 is 14.7 Å². The lowest BCUT2D eigenvalue weighted by atomic mass is 10.1. The number of aromatic carboxylic acids is 1. The number of halogens is 1. The van der Waals surface area contributed by atoms with E-state index in [-0.39, 0.29) is 16.5 Å². The Bertz CT molecular complexity index is 686. The van der Waals surface area contributed by atoms with Crippen molar-refractivity contribution in [2.75, 3.05) is 11.1 Å². The third kappa shape index (κ3) is 2.89. The number of rotatable bonds is 3. The third-order valence-electron chi connectivity index (χ3n) is 2.66. The first-order chi connectivity index (χ1) is 9.49. The Balaban J connectivity index is 2.23. The molecule has 102 valence electrons. The number of para-hydroxylation sites is 1. The number of benzene rings is 2. The van der Waals surface area contributed by atoms with Gasteiger partial charge in [0, 0.05) is 11.4 Å². The number of carbonyl (C=O) groups is 2. The molecule has 0 aliphatic rings. The smallest absolute Gasteiger partial charge is 0.337 e. The van der Waals surface area contributed by atoms with Crippen LogP contribution in [0.3, 0.4) is 0 Å². The number of carboxylic acid groups (broad SMARTS) is 1. The summed E-state index contributed by atoms with van der Waals surface area (Å²) in [6, 6.07) is 10.8. The van der Waals surface area contributed by atoms with Crippen molar-refractivity contribution in [1.29, 1.82) is 0 Å².